The Morgan fingerprint density at radius 2 is 2.12 bits per heavy atom. The summed E-state index contributed by atoms with van der Waals surface area (Å²) in [6, 6.07) is 10.6. The van der Waals surface area contributed by atoms with Gasteiger partial charge in [0.25, 0.3) is 0 Å². The van der Waals surface area contributed by atoms with E-state index in [1.54, 1.807) is 12.3 Å². The molecule has 0 spiro atoms. The Labute approximate surface area is 162 Å². The number of halogens is 2. The van der Waals surface area contributed by atoms with E-state index in [2.05, 4.69) is 10.3 Å². The highest BCUT2D eigenvalue weighted by Crippen LogP contribution is 2.31. The van der Waals surface area contributed by atoms with Crippen LogP contribution in [-0.4, -0.2) is 9.97 Å². The van der Waals surface area contributed by atoms with Gasteiger partial charge in [-0.1, -0.05) is 42.9 Å². The van der Waals surface area contributed by atoms with Crippen LogP contribution in [0.3, 0.4) is 0 Å². The Morgan fingerprint density at radius 1 is 1.31 bits per heavy atom. The highest BCUT2D eigenvalue weighted by atomic mass is 35.5. The first kappa shape index (κ1) is 18.5. The third kappa shape index (κ3) is 3.94. The largest absolute Gasteiger partial charge is 0.488 e. The summed E-state index contributed by atoms with van der Waals surface area (Å²) in [7, 11) is 0. The lowest BCUT2D eigenvalue weighted by Crippen LogP contribution is -2.09. The van der Waals surface area contributed by atoms with Gasteiger partial charge in [0.2, 0.25) is 0 Å². The summed E-state index contributed by atoms with van der Waals surface area (Å²) in [5, 5.41) is 5.20. The predicted molar refractivity (Wildman–Crippen MR) is 109 cm³/mol. The zero-order valence-electron chi connectivity index (χ0n) is 14.5. The maximum Gasteiger partial charge on any atom is 0.131 e. The van der Waals surface area contributed by atoms with E-state index in [1.165, 1.54) is 6.07 Å². The van der Waals surface area contributed by atoms with E-state index in [1.807, 2.05) is 38.1 Å². The van der Waals surface area contributed by atoms with Crippen LogP contribution in [0.4, 0.5) is 10.1 Å². The topological polar surface area (TPSA) is 34.1 Å². The van der Waals surface area contributed by atoms with Crippen molar-refractivity contribution in [2.75, 3.05) is 5.32 Å². The molecule has 6 heteroatoms. The molecule has 0 unspecified atom stereocenters. The molecule has 0 saturated heterocycles. The number of anilines is 1. The minimum Gasteiger partial charge on any atom is -0.488 e. The molecular weight excluding hydrogens is 371 g/mol. The van der Waals surface area contributed by atoms with Crippen molar-refractivity contribution >= 4 is 45.3 Å². The summed E-state index contributed by atoms with van der Waals surface area (Å²) in [5.74, 6) is 0.243. The average Bonchev–Trinajstić information content (AvgIpc) is 2.64. The fourth-order valence-corrected chi connectivity index (χ4v) is 2.95. The molecular formula is C20H18ClFN2OS. The van der Waals surface area contributed by atoms with E-state index in [9.17, 15) is 4.39 Å². The predicted octanol–water partition coefficient (Wildman–Crippen LogP) is 6.06. The van der Waals surface area contributed by atoms with Crippen LogP contribution >= 0.6 is 23.8 Å². The highest BCUT2D eigenvalue weighted by molar-refractivity contribution is 7.80. The molecule has 0 amide bonds. The van der Waals surface area contributed by atoms with Crippen molar-refractivity contribution in [2.24, 2.45) is 0 Å². The first-order valence-corrected chi connectivity index (χ1v) is 9.03. The lowest BCUT2D eigenvalue weighted by atomic mass is 10.1. The van der Waals surface area contributed by atoms with Crippen LogP contribution in [0, 0.1) is 12.7 Å². The molecule has 134 valence electrons. The number of hydrogen-bond donors (Lipinski definition) is 1. The molecule has 1 heterocycles. The van der Waals surface area contributed by atoms with Gasteiger partial charge >= 0.3 is 0 Å². The van der Waals surface area contributed by atoms with E-state index >= 15 is 0 Å². The second-order valence-electron chi connectivity index (χ2n) is 5.88. The molecule has 2 aromatic carbocycles. The lowest BCUT2D eigenvalue weighted by Gasteiger charge is -2.14. The minimum absolute atomic E-state index is 0.0134. The van der Waals surface area contributed by atoms with E-state index < -0.39 is 5.82 Å². The SMILES string of the molecule is CCC(=S)Nc1ccc(F)c(COc2cccc3cnc(C)cc23)c1Cl. The van der Waals surface area contributed by atoms with Crippen LogP contribution in [0.2, 0.25) is 5.02 Å². The fourth-order valence-electron chi connectivity index (χ4n) is 2.59. The molecule has 1 N–H and O–H groups in total. The molecule has 0 bridgehead atoms. The van der Waals surface area contributed by atoms with Crippen LogP contribution in [-0.2, 0) is 6.61 Å². The van der Waals surface area contributed by atoms with E-state index in [0.717, 1.165) is 16.5 Å². The Kier molecular flexibility index (Phi) is 5.69. The van der Waals surface area contributed by atoms with Crippen molar-refractivity contribution in [3.05, 3.63) is 64.7 Å². The maximum atomic E-state index is 14.3. The van der Waals surface area contributed by atoms with Crippen molar-refractivity contribution < 1.29 is 9.13 Å². The summed E-state index contributed by atoms with van der Waals surface area (Å²) in [5.41, 5.74) is 1.76. The summed E-state index contributed by atoms with van der Waals surface area (Å²) < 4.78 is 20.2. The van der Waals surface area contributed by atoms with E-state index in [-0.39, 0.29) is 11.6 Å². The van der Waals surface area contributed by atoms with Gasteiger partial charge < -0.3 is 10.1 Å². The van der Waals surface area contributed by atoms with E-state index in [0.29, 0.717) is 28.4 Å². The fraction of sp³-hybridized carbons (Fsp3) is 0.200. The van der Waals surface area contributed by atoms with Crippen LogP contribution < -0.4 is 10.1 Å². The lowest BCUT2D eigenvalue weighted by molar-refractivity contribution is 0.303. The van der Waals surface area contributed by atoms with Crippen molar-refractivity contribution in [2.45, 2.75) is 26.9 Å². The van der Waals surface area contributed by atoms with Crippen LogP contribution in [0.15, 0.2) is 42.6 Å². The van der Waals surface area contributed by atoms with Crippen LogP contribution in [0.25, 0.3) is 10.8 Å². The molecule has 0 aliphatic carbocycles. The Bertz CT molecular complexity index is 977. The zero-order valence-corrected chi connectivity index (χ0v) is 16.0. The number of aromatic nitrogens is 1. The summed E-state index contributed by atoms with van der Waals surface area (Å²) in [6.45, 7) is 3.87. The van der Waals surface area contributed by atoms with Gasteiger partial charge in [-0.25, -0.2) is 4.39 Å². The standard InChI is InChI=1S/C20H18ClFN2OS/c1-3-19(26)24-17-8-7-16(22)15(20(17)21)11-25-18-6-4-5-13-10-23-12(2)9-14(13)18/h4-10H,3,11H2,1-2H3,(H,24,26). The van der Waals surface area contributed by atoms with Crippen molar-refractivity contribution in [3.8, 4) is 5.75 Å². The molecule has 1 aromatic heterocycles. The van der Waals surface area contributed by atoms with Gasteiger partial charge in [0.05, 0.1) is 15.7 Å². The van der Waals surface area contributed by atoms with Gasteiger partial charge in [-0.2, -0.15) is 0 Å². The van der Waals surface area contributed by atoms with Crippen molar-refractivity contribution in [1.82, 2.24) is 4.98 Å². The van der Waals surface area contributed by atoms with Gasteiger partial charge in [0.15, 0.2) is 0 Å². The number of fused-ring (bicyclic) bond motifs is 1. The molecule has 0 fully saturated rings. The summed E-state index contributed by atoms with van der Waals surface area (Å²) in [4.78, 5) is 4.93. The van der Waals surface area contributed by atoms with Gasteiger partial charge in [-0.15, -0.1) is 0 Å². The van der Waals surface area contributed by atoms with E-state index in [4.69, 9.17) is 28.6 Å². The third-order valence-electron chi connectivity index (χ3n) is 4.01. The first-order valence-electron chi connectivity index (χ1n) is 8.24. The maximum absolute atomic E-state index is 14.3. The third-order valence-corrected chi connectivity index (χ3v) is 4.84. The Balaban J connectivity index is 1.89. The number of nitrogens with one attached hydrogen (secondary N) is 1. The molecule has 0 saturated carbocycles. The number of rotatable bonds is 5. The van der Waals surface area contributed by atoms with Gasteiger partial charge in [-0.05, 0) is 37.6 Å². The Morgan fingerprint density at radius 3 is 2.88 bits per heavy atom. The minimum atomic E-state index is -0.416. The van der Waals surface area contributed by atoms with Crippen molar-refractivity contribution in [3.63, 3.8) is 0 Å². The molecule has 0 aliphatic heterocycles. The quantitative estimate of drug-likeness (QED) is 0.538. The summed E-state index contributed by atoms with van der Waals surface area (Å²) in [6.07, 6.45) is 2.47. The number of ether oxygens (including phenoxy) is 1. The molecule has 3 rings (SSSR count). The molecule has 0 atom stereocenters. The molecule has 0 radical (unpaired) electrons. The second kappa shape index (κ2) is 7.98. The molecule has 3 aromatic rings. The van der Waals surface area contributed by atoms with Gasteiger partial charge in [-0.3, -0.25) is 4.98 Å². The zero-order chi connectivity index (χ0) is 18.7. The van der Waals surface area contributed by atoms with Crippen LogP contribution in [0.1, 0.15) is 24.6 Å². The van der Waals surface area contributed by atoms with Crippen molar-refractivity contribution in [1.29, 1.82) is 0 Å². The molecule has 26 heavy (non-hydrogen) atoms. The number of nitrogens with zero attached hydrogens (tertiary/aromatic N) is 1. The van der Waals surface area contributed by atoms with Gasteiger partial charge in [0, 0.05) is 28.2 Å². The second-order valence-corrected chi connectivity index (χ2v) is 6.75. The number of hydrogen-bond acceptors (Lipinski definition) is 3. The number of aryl methyl sites for hydroxylation is 1. The highest BCUT2D eigenvalue weighted by Gasteiger charge is 2.14. The van der Waals surface area contributed by atoms with Gasteiger partial charge in [0.1, 0.15) is 18.2 Å². The number of benzene rings is 2. The number of pyridine rings is 1. The smallest absolute Gasteiger partial charge is 0.131 e. The van der Waals surface area contributed by atoms with Crippen LogP contribution in [0.5, 0.6) is 5.75 Å². The monoisotopic (exact) mass is 388 g/mol. The molecule has 3 nitrogen and oxygen atoms in total. The summed E-state index contributed by atoms with van der Waals surface area (Å²) >= 11 is 11.6. The number of thiocarbonyl (C=S) groups is 1. The normalized spacial score (nSPS) is 10.8. The Hall–Kier alpha value is -2.24. The average molecular weight is 389 g/mol. The first-order chi connectivity index (χ1) is 12.5. The molecule has 0 aliphatic rings.